The molecule has 6 nitrogen and oxygen atoms in total. The van der Waals surface area contributed by atoms with E-state index < -0.39 is 0 Å². The Bertz CT molecular complexity index is 612. The molecule has 0 aromatic carbocycles. The molecule has 1 unspecified atom stereocenters. The van der Waals surface area contributed by atoms with Crippen LogP contribution in [0.25, 0.3) is 11.4 Å². The van der Waals surface area contributed by atoms with Crippen LogP contribution in [0.15, 0.2) is 24.5 Å². The Kier molecular flexibility index (Phi) is 4.35. The fourth-order valence-electron chi connectivity index (χ4n) is 2.06. The summed E-state index contributed by atoms with van der Waals surface area (Å²) >= 11 is 3.06. The minimum Gasteiger partial charge on any atom is -0.324 e. The number of hydrogen-bond donors (Lipinski definition) is 1. The van der Waals surface area contributed by atoms with Gasteiger partial charge in [0, 0.05) is 48.3 Å². The first-order valence-electron chi connectivity index (χ1n) is 6.59. The summed E-state index contributed by atoms with van der Waals surface area (Å²) in [6.07, 6.45) is 4.45. The molecule has 8 heteroatoms. The Balaban J connectivity index is 1.65. The van der Waals surface area contributed by atoms with Gasteiger partial charge >= 0.3 is 6.03 Å². The summed E-state index contributed by atoms with van der Waals surface area (Å²) in [5, 5.41) is 3.32. The molecule has 1 fully saturated rings. The smallest absolute Gasteiger partial charge is 0.323 e. The number of thioether (sulfide) groups is 1. The fourth-order valence-corrected chi connectivity index (χ4v) is 3.91. The zero-order valence-electron chi connectivity index (χ0n) is 11.5. The van der Waals surface area contributed by atoms with Gasteiger partial charge in [-0.05, 0) is 24.3 Å². The SMILES string of the molecule is CN(C(=O)Nc1nc(-c2cccnc2)ns1)C1CCSC1. The number of carbonyl (C=O) groups excluding carboxylic acids is 1. The second kappa shape index (κ2) is 6.40. The fraction of sp³-hybridized carbons (Fsp3) is 0.385. The van der Waals surface area contributed by atoms with Crippen molar-refractivity contribution in [2.24, 2.45) is 0 Å². The molecule has 3 rings (SSSR count). The molecule has 21 heavy (non-hydrogen) atoms. The highest BCUT2D eigenvalue weighted by molar-refractivity contribution is 7.99. The van der Waals surface area contributed by atoms with Crippen molar-refractivity contribution in [1.29, 1.82) is 0 Å². The van der Waals surface area contributed by atoms with Gasteiger partial charge in [0.05, 0.1) is 0 Å². The van der Waals surface area contributed by atoms with E-state index in [0.717, 1.165) is 23.5 Å². The second-order valence-corrected chi connectivity index (χ2v) is 6.62. The average Bonchev–Trinajstić information content (AvgIpc) is 3.19. The van der Waals surface area contributed by atoms with Gasteiger partial charge < -0.3 is 4.90 Å². The van der Waals surface area contributed by atoms with E-state index in [1.54, 1.807) is 17.3 Å². The molecule has 0 bridgehead atoms. The van der Waals surface area contributed by atoms with Crippen LogP contribution < -0.4 is 5.32 Å². The van der Waals surface area contributed by atoms with Crippen LogP contribution in [-0.2, 0) is 0 Å². The molecule has 2 aromatic rings. The van der Waals surface area contributed by atoms with Crippen LogP contribution in [0.4, 0.5) is 9.93 Å². The maximum atomic E-state index is 12.2. The van der Waals surface area contributed by atoms with Gasteiger partial charge in [0.15, 0.2) is 5.82 Å². The molecule has 1 aliphatic rings. The third-order valence-electron chi connectivity index (χ3n) is 3.33. The topological polar surface area (TPSA) is 71.0 Å². The summed E-state index contributed by atoms with van der Waals surface area (Å²) in [4.78, 5) is 22.3. The number of carbonyl (C=O) groups is 1. The number of rotatable bonds is 3. The minimum atomic E-state index is -0.128. The number of aromatic nitrogens is 3. The van der Waals surface area contributed by atoms with Gasteiger partial charge in [-0.25, -0.2) is 4.79 Å². The van der Waals surface area contributed by atoms with E-state index in [1.165, 1.54) is 11.5 Å². The highest BCUT2D eigenvalue weighted by atomic mass is 32.2. The molecule has 110 valence electrons. The second-order valence-electron chi connectivity index (χ2n) is 4.72. The number of amides is 2. The monoisotopic (exact) mass is 321 g/mol. The summed E-state index contributed by atoms with van der Waals surface area (Å²) in [6, 6.07) is 3.90. The van der Waals surface area contributed by atoms with Gasteiger partial charge in [0.1, 0.15) is 0 Å². The van der Waals surface area contributed by atoms with Gasteiger partial charge in [-0.1, -0.05) is 0 Å². The van der Waals surface area contributed by atoms with Crippen LogP contribution in [0, 0.1) is 0 Å². The minimum absolute atomic E-state index is 0.128. The Morgan fingerprint density at radius 3 is 3.14 bits per heavy atom. The molecule has 0 radical (unpaired) electrons. The first kappa shape index (κ1) is 14.3. The molecule has 0 saturated carbocycles. The number of nitrogens with one attached hydrogen (secondary N) is 1. The van der Waals surface area contributed by atoms with Crippen LogP contribution in [0.3, 0.4) is 0 Å². The van der Waals surface area contributed by atoms with E-state index in [9.17, 15) is 4.79 Å². The predicted molar refractivity (Wildman–Crippen MR) is 85.7 cm³/mol. The molecular formula is C13H15N5OS2. The first-order chi connectivity index (χ1) is 10.2. The van der Waals surface area contributed by atoms with Crippen molar-refractivity contribution in [1.82, 2.24) is 19.2 Å². The molecule has 1 N–H and O–H groups in total. The van der Waals surface area contributed by atoms with Gasteiger partial charge in [-0.2, -0.15) is 21.1 Å². The molecule has 2 amide bonds. The van der Waals surface area contributed by atoms with Crippen molar-refractivity contribution >= 4 is 34.5 Å². The lowest BCUT2D eigenvalue weighted by atomic mass is 10.2. The number of hydrogen-bond acceptors (Lipinski definition) is 6. The van der Waals surface area contributed by atoms with E-state index in [0.29, 0.717) is 17.0 Å². The van der Waals surface area contributed by atoms with Crippen molar-refractivity contribution < 1.29 is 4.79 Å². The third-order valence-corrected chi connectivity index (χ3v) is 5.11. The Morgan fingerprint density at radius 2 is 2.43 bits per heavy atom. The van der Waals surface area contributed by atoms with Crippen molar-refractivity contribution in [3.63, 3.8) is 0 Å². The van der Waals surface area contributed by atoms with Crippen molar-refractivity contribution in [3.05, 3.63) is 24.5 Å². The summed E-state index contributed by atoms with van der Waals surface area (Å²) in [6.45, 7) is 0. The lowest BCUT2D eigenvalue weighted by molar-refractivity contribution is 0.209. The highest BCUT2D eigenvalue weighted by Gasteiger charge is 2.24. The van der Waals surface area contributed by atoms with Crippen molar-refractivity contribution in [2.75, 3.05) is 23.9 Å². The summed E-state index contributed by atoms with van der Waals surface area (Å²) < 4.78 is 4.25. The average molecular weight is 321 g/mol. The molecule has 1 atom stereocenters. The Hall–Kier alpha value is -1.67. The third kappa shape index (κ3) is 3.33. The largest absolute Gasteiger partial charge is 0.324 e. The standard InChI is InChI=1S/C13H15N5OS2/c1-18(10-4-6-20-8-10)13(19)16-12-15-11(17-21-12)9-3-2-5-14-7-9/h2-3,5,7,10H,4,6,8H2,1H3,(H,15,16,17,19). The molecule has 0 spiro atoms. The molecule has 3 heterocycles. The maximum Gasteiger partial charge on any atom is 0.323 e. The zero-order valence-corrected chi connectivity index (χ0v) is 13.2. The normalized spacial score (nSPS) is 17.7. The molecule has 1 saturated heterocycles. The summed E-state index contributed by atoms with van der Waals surface area (Å²) in [5.41, 5.74) is 0.842. The predicted octanol–water partition coefficient (Wildman–Crippen LogP) is 2.57. The molecule has 2 aromatic heterocycles. The Morgan fingerprint density at radius 1 is 1.52 bits per heavy atom. The van der Waals surface area contributed by atoms with Crippen LogP contribution in [0.2, 0.25) is 0 Å². The molecular weight excluding hydrogens is 306 g/mol. The summed E-state index contributed by atoms with van der Waals surface area (Å²) in [5.74, 6) is 2.70. The number of urea groups is 1. The van der Waals surface area contributed by atoms with Crippen molar-refractivity contribution in [3.8, 4) is 11.4 Å². The highest BCUT2D eigenvalue weighted by Crippen LogP contribution is 2.23. The van der Waals surface area contributed by atoms with Gasteiger partial charge in [0.2, 0.25) is 5.13 Å². The molecule has 1 aliphatic heterocycles. The quantitative estimate of drug-likeness (QED) is 0.941. The molecule has 0 aliphatic carbocycles. The van der Waals surface area contributed by atoms with Crippen LogP contribution in [-0.4, -0.2) is 49.9 Å². The number of anilines is 1. The summed E-state index contributed by atoms with van der Waals surface area (Å²) in [7, 11) is 1.83. The lowest BCUT2D eigenvalue weighted by Gasteiger charge is -2.23. The van der Waals surface area contributed by atoms with E-state index in [1.807, 2.05) is 30.9 Å². The first-order valence-corrected chi connectivity index (χ1v) is 8.52. The zero-order chi connectivity index (χ0) is 14.7. The van der Waals surface area contributed by atoms with Crippen LogP contribution >= 0.6 is 23.3 Å². The van der Waals surface area contributed by atoms with Crippen LogP contribution in [0.1, 0.15) is 6.42 Å². The van der Waals surface area contributed by atoms with E-state index in [2.05, 4.69) is 19.7 Å². The van der Waals surface area contributed by atoms with Gasteiger partial charge in [0.25, 0.3) is 0 Å². The lowest BCUT2D eigenvalue weighted by Crippen LogP contribution is -2.39. The number of nitrogens with zero attached hydrogens (tertiary/aromatic N) is 4. The van der Waals surface area contributed by atoms with Crippen molar-refractivity contribution in [2.45, 2.75) is 12.5 Å². The van der Waals surface area contributed by atoms with Gasteiger partial charge in [-0.15, -0.1) is 0 Å². The van der Waals surface area contributed by atoms with Crippen LogP contribution in [0.5, 0.6) is 0 Å². The Labute approximate surface area is 131 Å². The van der Waals surface area contributed by atoms with E-state index in [-0.39, 0.29) is 6.03 Å². The van der Waals surface area contributed by atoms with Gasteiger partial charge in [-0.3, -0.25) is 10.3 Å². The number of pyridine rings is 1. The van der Waals surface area contributed by atoms with E-state index in [4.69, 9.17) is 0 Å². The van der Waals surface area contributed by atoms with E-state index >= 15 is 0 Å². The maximum absolute atomic E-state index is 12.2.